The SMILES string of the molecule is Nc1noc2cc(CNC=O)ccc12. The maximum absolute atomic E-state index is 10.1. The number of benzene rings is 1. The average molecular weight is 191 g/mol. The van der Waals surface area contributed by atoms with E-state index in [-0.39, 0.29) is 0 Å². The summed E-state index contributed by atoms with van der Waals surface area (Å²) in [5.41, 5.74) is 7.13. The minimum Gasteiger partial charge on any atom is -0.380 e. The summed E-state index contributed by atoms with van der Waals surface area (Å²) in [5.74, 6) is 0.384. The Kier molecular flexibility index (Phi) is 2.06. The molecule has 0 atom stereocenters. The zero-order valence-corrected chi connectivity index (χ0v) is 7.36. The van der Waals surface area contributed by atoms with Crippen molar-refractivity contribution < 1.29 is 9.32 Å². The largest absolute Gasteiger partial charge is 0.380 e. The molecule has 1 aromatic carbocycles. The normalized spacial score (nSPS) is 10.3. The fraction of sp³-hybridized carbons (Fsp3) is 0.111. The number of rotatable bonds is 3. The van der Waals surface area contributed by atoms with Crippen LogP contribution in [0.1, 0.15) is 5.56 Å². The predicted molar refractivity (Wildman–Crippen MR) is 51.3 cm³/mol. The van der Waals surface area contributed by atoms with Crippen molar-refractivity contribution in [1.29, 1.82) is 0 Å². The van der Waals surface area contributed by atoms with Gasteiger partial charge in [0.05, 0.1) is 5.39 Å². The van der Waals surface area contributed by atoms with Gasteiger partial charge in [0.2, 0.25) is 6.41 Å². The molecule has 1 aromatic heterocycles. The Labute approximate surface area is 79.9 Å². The number of hydrogen-bond acceptors (Lipinski definition) is 4. The number of amides is 1. The first-order chi connectivity index (χ1) is 6.81. The van der Waals surface area contributed by atoms with Gasteiger partial charge in [-0.2, -0.15) is 0 Å². The molecule has 0 radical (unpaired) electrons. The first kappa shape index (κ1) is 8.55. The van der Waals surface area contributed by atoms with Crippen LogP contribution in [0.5, 0.6) is 0 Å². The Morgan fingerprint density at radius 3 is 3.21 bits per heavy atom. The number of nitrogens with one attached hydrogen (secondary N) is 1. The summed E-state index contributed by atoms with van der Waals surface area (Å²) in [6.45, 7) is 0.472. The number of anilines is 1. The van der Waals surface area contributed by atoms with Crippen LogP contribution >= 0.6 is 0 Å². The van der Waals surface area contributed by atoms with Crippen LogP contribution in [-0.2, 0) is 11.3 Å². The van der Waals surface area contributed by atoms with E-state index in [0.29, 0.717) is 24.4 Å². The summed E-state index contributed by atoms with van der Waals surface area (Å²) in [6.07, 6.45) is 0.652. The standard InChI is InChI=1S/C9H9N3O2/c10-9-7-2-1-6(4-11-5-13)3-8(7)14-12-9/h1-3,5H,4H2,(H2,10,12)(H,11,13). The topological polar surface area (TPSA) is 81.2 Å². The molecule has 0 aliphatic rings. The Hall–Kier alpha value is -2.04. The minimum atomic E-state index is 0.384. The molecule has 1 amide bonds. The van der Waals surface area contributed by atoms with Crippen molar-refractivity contribution in [1.82, 2.24) is 10.5 Å². The third-order valence-corrected chi connectivity index (χ3v) is 1.95. The molecule has 5 heteroatoms. The van der Waals surface area contributed by atoms with E-state index < -0.39 is 0 Å². The second kappa shape index (κ2) is 3.37. The number of nitrogens with two attached hydrogens (primary N) is 1. The first-order valence-corrected chi connectivity index (χ1v) is 4.12. The van der Waals surface area contributed by atoms with Gasteiger partial charge in [-0.1, -0.05) is 11.2 Å². The van der Waals surface area contributed by atoms with Crippen molar-refractivity contribution >= 4 is 23.2 Å². The van der Waals surface area contributed by atoms with Crippen LogP contribution < -0.4 is 11.1 Å². The van der Waals surface area contributed by atoms with Gasteiger partial charge in [-0.25, -0.2) is 0 Å². The van der Waals surface area contributed by atoms with E-state index in [9.17, 15) is 4.79 Å². The van der Waals surface area contributed by atoms with Crippen molar-refractivity contribution in [3.8, 4) is 0 Å². The van der Waals surface area contributed by atoms with Crippen LogP contribution in [-0.4, -0.2) is 11.6 Å². The van der Waals surface area contributed by atoms with E-state index in [4.69, 9.17) is 10.3 Å². The van der Waals surface area contributed by atoms with Gasteiger partial charge in [0.15, 0.2) is 11.4 Å². The minimum absolute atomic E-state index is 0.384. The lowest BCUT2D eigenvalue weighted by atomic mass is 10.1. The number of fused-ring (bicyclic) bond motifs is 1. The van der Waals surface area contributed by atoms with Gasteiger partial charge in [-0.15, -0.1) is 0 Å². The second-order valence-corrected chi connectivity index (χ2v) is 2.90. The summed E-state index contributed by atoms with van der Waals surface area (Å²) >= 11 is 0. The van der Waals surface area contributed by atoms with Gasteiger partial charge in [0, 0.05) is 6.54 Å². The van der Waals surface area contributed by atoms with Crippen molar-refractivity contribution in [3.05, 3.63) is 23.8 Å². The Bertz CT molecular complexity index is 464. The number of carbonyl (C=O) groups is 1. The smallest absolute Gasteiger partial charge is 0.207 e. The van der Waals surface area contributed by atoms with E-state index >= 15 is 0 Å². The van der Waals surface area contributed by atoms with Crippen LogP contribution in [0.2, 0.25) is 0 Å². The lowest BCUT2D eigenvalue weighted by Gasteiger charge is -1.98. The van der Waals surface area contributed by atoms with Gasteiger partial charge < -0.3 is 15.6 Å². The molecule has 0 aliphatic carbocycles. The van der Waals surface area contributed by atoms with E-state index in [0.717, 1.165) is 10.9 Å². The average Bonchev–Trinajstić information content (AvgIpc) is 2.57. The molecule has 0 unspecified atom stereocenters. The number of nitrogen functional groups attached to an aromatic ring is 1. The van der Waals surface area contributed by atoms with Crippen LogP contribution in [0.4, 0.5) is 5.82 Å². The summed E-state index contributed by atoms with van der Waals surface area (Å²) in [7, 11) is 0. The molecule has 3 N–H and O–H groups in total. The molecular weight excluding hydrogens is 182 g/mol. The number of carbonyl (C=O) groups excluding carboxylic acids is 1. The molecule has 0 bridgehead atoms. The maximum Gasteiger partial charge on any atom is 0.207 e. The second-order valence-electron chi connectivity index (χ2n) is 2.90. The monoisotopic (exact) mass is 191 g/mol. The highest BCUT2D eigenvalue weighted by molar-refractivity contribution is 5.87. The summed E-state index contributed by atoms with van der Waals surface area (Å²) in [6, 6.07) is 5.49. The van der Waals surface area contributed by atoms with Crippen molar-refractivity contribution in [2.45, 2.75) is 6.54 Å². The molecule has 0 aliphatic heterocycles. The van der Waals surface area contributed by atoms with Gasteiger partial charge in [-0.05, 0) is 17.7 Å². The Morgan fingerprint density at radius 1 is 1.57 bits per heavy atom. The van der Waals surface area contributed by atoms with E-state index in [1.165, 1.54) is 0 Å². The highest BCUT2D eigenvalue weighted by Crippen LogP contribution is 2.20. The molecular formula is C9H9N3O2. The summed E-state index contributed by atoms with van der Waals surface area (Å²) < 4.78 is 4.98. The molecule has 5 nitrogen and oxygen atoms in total. The lowest BCUT2D eigenvalue weighted by molar-refractivity contribution is -0.109. The maximum atomic E-state index is 10.1. The Morgan fingerprint density at radius 2 is 2.43 bits per heavy atom. The zero-order valence-electron chi connectivity index (χ0n) is 7.36. The molecule has 2 rings (SSSR count). The predicted octanol–water partition coefficient (Wildman–Crippen LogP) is 0.656. The molecule has 0 fully saturated rings. The van der Waals surface area contributed by atoms with Crippen molar-refractivity contribution in [3.63, 3.8) is 0 Å². The quantitative estimate of drug-likeness (QED) is 0.698. The highest BCUT2D eigenvalue weighted by Gasteiger charge is 2.04. The van der Waals surface area contributed by atoms with E-state index in [2.05, 4.69) is 10.5 Å². The zero-order chi connectivity index (χ0) is 9.97. The van der Waals surface area contributed by atoms with E-state index in [1.807, 2.05) is 12.1 Å². The fourth-order valence-corrected chi connectivity index (χ4v) is 1.27. The van der Waals surface area contributed by atoms with Gasteiger partial charge in [-0.3, -0.25) is 4.79 Å². The van der Waals surface area contributed by atoms with Gasteiger partial charge >= 0.3 is 0 Å². The summed E-state index contributed by atoms with van der Waals surface area (Å²) in [4.78, 5) is 10.1. The van der Waals surface area contributed by atoms with Crippen LogP contribution in [0.3, 0.4) is 0 Å². The molecule has 72 valence electrons. The van der Waals surface area contributed by atoms with Gasteiger partial charge in [0.1, 0.15) is 0 Å². The fourth-order valence-electron chi connectivity index (χ4n) is 1.27. The molecule has 0 saturated heterocycles. The van der Waals surface area contributed by atoms with Crippen molar-refractivity contribution in [2.75, 3.05) is 5.73 Å². The van der Waals surface area contributed by atoms with Crippen molar-refractivity contribution in [2.24, 2.45) is 0 Å². The highest BCUT2D eigenvalue weighted by atomic mass is 16.5. The Balaban J connectivity index is 2.36. The molecule has 2 aromatic rings. The number of hydrogen-bond donors (Lipinski definition) is 2. The molecule has 14 heavy (non-hydrogen) atoms. The summed E-state index contributed by atoms with van der Waals surface area (Å²) in [5, 5.41) is 6.98. The number of aromatic nitrogens is 1. The van der Waals surface area contributed by atoms with Crippen LogP contribution in [0, 0.1) is 0 Å². The molecule has 0 saturated carbocycles. The third-order valence-electron chi connectivity index (χ3n) is 1.95. The molecule has 1 heterocycles. The number of nitrogens with zero attached hydrogens (tertiary/aromatic N) is 1. The van der Waals surface area contributed by atoms with Gasteiger partial charge in [0.25, 0.3) is 0 Å². The lowest BCUT2D eigenvalue weighted by Crippen LogP contribution is -2.09. The molecule has 0 spiro atoms. The third kappa shape index (κ3) is 1.39. The van der Waals surface area contributed by atoms with Crippen LogP contribution in [0.25, 0.3) is 11.0 Å². The van der Waals surface area contributed by atoms with Crippen LogP contribution in [0.15, 0.2) is 22.7 Å². The van der Waals surface area contributed by atoms with E-state index in [1.54, 1.807) is 6.07 Å². The first-order valence-electron chi connectivity index (χ1n) is 4.12.